The fraction of sp³-hybridized carbons (Fsp3) is 0.143. The number of nitrogens with zero attached hydrogens (tertiary/aromatic N) is 2. The third-order valence-corrected chi connectivity index (χ3v) is 5.64. The number of hydrogen-bond donors (Lipinski definition) is 1. The maximum Gasteiger partial charge on any atom is 0.244 e. The molecule has 1 heterocycles. The minimum absolute atomic E-state index is 0.0713. The lowest BCUT2D eigenvalue weighted by atomic mass is 10.3. The molecule has 0 aliphatic rings. The summed E-state index contributed by atoms with van der Waals surface area (Å²) in [6.07, 6.45) is 1.12. The van der Waals surface area contributed by atoms with Gasteiger partial charge in [-0.25, -0.2) is 13.4 Å². The summed E-state index contributed by atoms with van der Waals surface area (Å²) in [6, 6.07) is 7.41. The Hall–Kier alpha value is -1.38. The molecule has 0 unspecified atom stereocenters. The Morgan fingerprint density at radius 3 is 2.33 bits per heavy atom. The number of likely N-dealkylation sites (N-methyl/N-ethyl adjacent to an activating group) is 1. The molecule has 10 heteroatoms. The highest BCUT2D eigenvalue weighted by Gasteiger charge is 2.24. The van der Waals surface area contributed by atoms with E-state index in [9.17, 15) is 13.2 Å². The molecule has 1 amide bonds. The van der Waals surface area contributed by atoms with Crippen LogP contribution in [0.2, 0.25) is 15.2 Å². The molecule has 24 heavy (non-hydrogen) atoms. The first-order valence-electron chi connectivity index (χ1n) is 6.53. The van der Waals surface area contributed by atoms with Gasteiger partial charge in [-0.1, -0.05) is 40.9 Å². The van der Waals surface area contributed by atoms with Crippen molar-refractivity contribution in [1.82, 2.24) is 9.29 Å². The van der Waals surface area contributed by atoms with Gasteiger partial charge in [0.05, 0.1) is 22.3 Å². The maximum atomic E-state index is 12.4. The Morgan fingerprint density at radius 1 is 1.17 bits per heavy atom. The zero-order chi connectivity index (χ0) is 17.9. The zero-order valence-electron chi connectivity index (χ0n) is 12.3. The Bertz CT molecular complexity index is 837. The highest BCUT2D eigenvalue weighted by atomic mass is 35.5. The molecule has 1 N–H and O–H groups in total. The first-order valence-corrected chi connectivity index (χ1v) is 9.11. The number of anilines is 1. The predicted octanol–water partition coefficient (Wildman–Crippen LogP) is 3.30. The Labute approximate surface area is 154 Å². The largest absolute Gasteiger partial charge is 0.322 e. The molecular formula is C14H12Cl3N3O3S. The Balaban J connectivity index is 2.12. The molecule has 0 saturated carbocycles. The molecule has 0 bridgehead atoms. The molecule has 0 radical (unpaired) electrons. The molecule has 0 spiro atoms. The Kier molecular flexibility index (Phi) is 6.06. The van der Waals surface area contributed by atoms with E-state index >= 15 is 0 Å². The van der Waals surface area contributed by atoms with Crippen LogP contribution in [0, 0.1) is 0 Å². The smallest absolute Gasteiger partial charge is 0.244 e. The summed E-state index contributed by atoms with van der Waals surface area (Å²) in [4.78, 5) is 15.7. The number of halogens is 3. The van der Waals surface area contributed by atoms with Crippen molar-refractivity contribution in [3.05, 3.63) is 51.7 Å². The van der Waals surface area contributed by atoms with E-state index < -0.39 is 22.5 Å². The van der Waals surface area contributed by atoms with E-state index in [1.165, 1.54) is 19.2 Å². The van der Waals surface area contributed by atoms with Gasteiger partial charge in [-0.05, 0) is 24.3 Å². The number of sulfonamides is 1. The molecule has 2 rings (SSSR count). The topological polar surface area (TPSA) is 79.4 Å². The summed E-state index contributed by atoms with van der Waals surface area (Å²) >= 11 is 17.6. The molecular weight excluding hydrogens is 397 g/mol. The molecule has 0 saturated heterocycles. The van der Waals surface area contributed by atoms with Crippen LogP contribution in [0.4, 0.5) is 5.69 Å². The number of carbonyl (C=O) groups is 1. The van der Waals surface area contributed by atoms with Crippen molar-refractivity contribution in [1.29, 1.82) is 0 Å². The van der Waals surface area contributed by atoms with E-state index in [1.54, 1.807) is 18.2 Å². The van der Waals surface area contributed by atoms with Crippen LogP contribution in [-0.4, -0.2) is 37.2 Å². The number of benzene rings is 1. The monoisotopic (exact) mass is 407 g/mol. The average Bonchev–Trinajstić information content (AvgIpc) is 2.51. The second-order valence-corrected chi connectivity index (χ2v) is 7.97. The van der Waals surface area contributed by atoms with Gasteiger partial charge >= 0.3 is 0 Å². The Morgan fingerprint density at radius 2 is 1.79 bits per heavy atom. The number of para-hydroxylation sites is 1. The van der Waals surface area contributed by atoms with Crippen LogP contribution in [0.5, 0.6) is 0 Å². The molecule has 128 valence electrons. The van der Waals surface area contributed by atoms with Crippen LogP contribution in [0.25, 0.3) is 0 Å². The van der Waals surface area contributed by atoms with Crippen molar-refractivity contribution in [2.45, 2.75) is 4.90 Å². The van der Waals surface area contributed by atoms with Crippen LogP contribution in [0.15, 0.2) is 41.4 Å². The molecule has 0 fully saturated rings. The molecule has 0 atom stereocenters. The van der Waals surface area contributed by atoms with Gasteiger partial charge in [0.15, 0.2) is 0 Å². The van der Waals surface area contributed by atoms with Gasteiger partial charge in [0.1, 0.15) is 10.0 Å². The van der Waals surface area contributed by atoms with E-state index in [-0.39, 0.29) is 25.8 Å². The standard InChI is InChI=1S/C14H12Cl3N3O3S/c1-20(24(22,23)9-5-6-12(17)18-7-9)8-13(21)19-14-10(15)3-2-4-11(14)16/h2-7H,8H2,1H3,(H,19,21). The van der Waals surface area contributed by atoms with Gasteiger partial charge in [0.25, 0.3) is 0 Å². The van der Waals surface area contributed by atoms with E-state index in [1.807, 2.05) is 0 Å². The van der Waals surface area contributed by atoms with Gasteiger partial charge in [0.2, 0.25) is 15.9 Å². The molecule has 6 nitrogen and oxygen atoms in total. The van der Waals surface area contributed by atoms with Gasteiger partial charge < -0.3 is 5.32 Å². The fourth-order valence-electron chi connectivity index (χ4n) is 1.78. The second-order valence-electron chi connectivity index (χ2n) is 4.72. The summed E-state index contributed by atoms with van der Waals surface area (Å²) in [7, 11) is -2.60. The lowest BCUT2D eigenvalue weighted by molar-refractivity contribution is -0.116. The van der Waals surface area contributed by atoms with Crippen molar-refractivity contribution in [2.75, 3.05) is 18.9 Å². The third kappa shape index (κ3) is 4.37. The minimum Gasteiger partial charge on any atom is -0.322 e. The van der Waals surface area contributed by atoms with Crippen molar-refractivity contribution >= 4 is 56.4 Å². The number of nitrogens with one attached hydrogen (secondary N) is 1. The van der Waals surface area contributed by atoms with Gasteiger partial charge in [-0.15, -0.1) is 0 Å². The first-order chi connectivity index (χ1) is 11.2. The van der Waals surface area contributed by atoms with Crippen LogP contribution in [0.1, 0.15) is 0 Å². The van der Waals surface area contributed by atoms with Gasteiger partial charge in [-0.2, -0.15) is 4.31 Å². The summed E-state index contributed by atoms with van der Waals surface area (Å²) in [5, 5.41) is 3.17. The number of aromatic nitrogens is 1. The average molecular weight is 409 g/mol. The number of carbonyl (C=O) groups excluding carboxylic acids is 1. The van der Waals surface area contributed by atoms with Crippen LogP contribution >= 0.6 is 34.8 Å². The van der Waals surface area contributed by atoms with Crippen LogP contribution in [0.3, 0.4) is 0 Å². The molecule has 2 aromatic rings. The molecule has 0 aliphatic heterocycles. The summed E-state index contributed by atoms with van der Waals surface area (Å²) < 4.78 is 25.6. The highest BCUT2D eigenvalue weighted by molar-refractivity contribution is 7.89. The van der Waals surface area contributed by atoms with Crippen molar-refractivity contribution in [3.8, 4) is 0 Å². The predicted molar refractivity (Wildman–Crippen MR) is 94.2 cm³/mol. The van der Waals surface area contributed by atoms with Crippen molar-refractivity contribution < 1.29 is 13.2 Å². The van der Waals surface area contributed by atoms with E-state index in [4.69, 9.17) is 34.8 Å². The fourth-order valence-corrected chi connectivity index (χ4v) is 3.45. The molecule has 1 aromatic heterocycles. The summed E-state index contributed by atoms with van der Waals surface area (Å²) in [5.41, 5.74) is 0.227. The quantitative estimate of drug-likeness (QED) is 0.770. The zero-order valence-corrected chi connectivity index (χ0v) is 15.4. The van der Waals surface area contributed by atoms with E-state index in [0.717, 1.165) is 10.5 Å². The van der Waals surface area contributed by atoms with Crippen LogP contribution < -0.4 is 5.32 Å². The molecule has 0 aliphatic carbocycles. The van der Waals surface area contributed by atoms with Crippen LogP contribution in [-0.2, 0) is 14.8 Å². The summed E-state index contributed by atoms with van der Waals surface area (Å²) in [6.45, 7) is -0.424. The first kappa shape index (κ1) is 19.0. The number of amides is 1. The lowest BCUT2D eigenvalue weighted by Crippen LogP contribution is -2.35. The number of hydrogen-bond acceptors (Lipinski definition) is 4. The minimum atomic E-state index is -3.88. The molecule has 1 aromatic carbocycles. The maximum absolute atomic E-state index is 12.4. The van der Waals surface area contributed by atoms with Crippen molar-refractivity contribution in [3.63, 3.8) is 0 Å². The normalized spacial score (nSPS) is 11.5. The number of pyridine rings is 1. The number of rotatable bonds is 5. The highest BCUT2D eigenvalue weighted by Crippen LogP contribution is 2.29. The van der Waals surface area contributed by atoms with E-state index in [0.29, 0.717) is 0 Å². The SMILES string of the molecule is CN(CC(=O)Nc1c(Cl)cccc1Cl)S(=O)(=O)c1ccc(Cl)nc1. The van der Waals surface area contributed by atoms with Gasteiger partial charge in [-0.3, -0.25) is 4.79 Å². The van der Waals surface area contributed by atoms with E-state index in [2.05, 4.69) is 10.3 Å². The lowest BCUT2D eigenvalue weighted by Gasteiger charge is -2.17. The van der Waals surface area contributed by atoms with Crippen molar-refractivity contribution in [2.24, 2.45) is 0 Å². The second kappa shape index (κ2) is 7.67. The third-order valence-electron chi connectivity index (χ3n) is 3.00. The van der Waals surface area contributed by atoms with Gasteiger partial charge in [0, 0.05) is 13.2 Å². The summed E-state index contributed by atoms with van der Waals surface area (Å²) in [5.74, 6) is -0.585.